The molecule has 0 saturated heterocycles. The van der Waals surface area contributed by atoms with E-state index in [4.69, 9.17) is 5.11 Å². The highest BCUT2D eigenvalue weighted by Gasteiger charge is 2.22. The van der Waals surface area contributed by atoms with Gasteiger partial charge in [0.2, 0.25) is 0 Å². The highest BCUT2D eigenvalue weighted by molar-refractivity contribution is 6.39. The number of carbonyl (C=O) groups is 1. The number of unbranched alkanes of at least 4 members (excludes halogenated alkanes) is 14. The number of aliphatic hydroxyl groups is 1. The Labute approximate surface area is 167 Å². The Morgan fingerprint density at radius 3 is 1.81 bits per heavy atom. The normalized spacial score (nSPS) is 14.0. The van der Waals surface area contributed by atoms with Gasteiger partial charge in [-0.2, -0.15) is 0 Å². The lowest BCUT2D eigenvalue weighted by atomic mass is 10.0. The average molecular weight is 381 g/mol. The molecule has 0 atom stereocenters. The van der Waals surface area contributed by atoms with Crippen LogP contribution in [-0.2, 0) is 4.79 Å². The van der Waals surface area contributed by atoms with E-state index in [1.165, 1.54) is 83.5 Å². The van der Waals surface area contributed by atoms with Crippen molar-refractivity contribution in [2.75, 3.05) is 26.2 Å². The van der Waals surface area contributed by atoms with Crippen molar-refractivity contribution in [2.24, 2.45) is 4.99 Å². The molecular weight excluding hydrogens is 336 g/mol. The maximum Gasteiger partial charge on any atom is 0.197 e. The highest BCUT2D eigenvalue weighted by Crippen LogP contribution is 2.14. The summed E-state index contributed by atoms with van der Waals surface area (Å²) in [6, 6.07) is 0. The summed E-state index contributed by atoms with van der Waals surface area (Å²) in [5.74, 6) is 0.769. The lowest BCUT2D eigenvalue weighted by Crippen LogP contribution is -2.35. The van der Waals surface area contributed by atoms with Gasteiger partial charge in [0.15, 0.2) is 11.6 Å². The van der Waals surface area contributed by atoms with Crippen molar-refractivity contribution in [2.45, 2.75) is 110 Å². The van der Waals surface area contributed by atoms with Crippen LogP contribution in [0.3, 0.4) is 0 Å². The molecule has 0 unspecified atom stereocenters. The molecule has 1 aliphatic heterocycles. The minimum Gasteiger partial charge on any atom is -0.395 e. The molecule has 1 rings (SSSR count). The van der Waals surface area contributed by atoms with Gasteiger partial charge in [-0.25, -0.2) is 0 Å². The highest BCUT2D eigenvalue weighted by atomic mass is 16.3. The van der Waals surface area contributed by atoms with Gasteiger partial charge in [0.1, 0.15) is 0 Å². The number of hydrogen-bond donors (Lipinski definition) is 1. The second-order valence-electron chi connectivity index (χ2n) is 8.04. The molecule has 158 valence electrons. The number of aliphatic hydroxyl groups excluding tert-OH is 1. The first-order valence-corrected chi connectivity index (χ1v) is 11.7. The van der Waals surface area contributed by atoms with E-state index in [2.05, 4.69) is 11.9 Å². The third-order valence-corrected chi connectivity index (χ3v) is 5.56. The largest absolute Gasteiger partial charge is 0.395 e. The van der Waals surface area contributed by atoms with Gasteiger partial charge in [-0.05, 0) is 6.42 Å². The maximum absolute atomic E-state index is 12.2. The molecule has 0 aromatic heterocycles. The molecule has 1 N–H and O–H groups in total. The van der Waals surface area contributed by atoms with Crippen LogP contribution in [-0.4, -0.2) is 47.9 Å². The first-order valence-electron chi connectivity index (χ1n) is 11.7. The number of ketones is 1. The first kappa shape index (κ1) is 24.1. The molecule has 0 bridgehead atoms. The monoisotopic (exact) mass is 380 g/mol. The van der Waals surface area contributed by atoms with E-state index in [0.29, 0.717) is 25.3 Å². The molecular formula is C23H44N2O2. The van der Waals surface area contributed by atoms with Gasteiger partial charge in [0, 0.05) is 19.5 Å². The second-order valence-corrected chi connectivity index (χ2v) is 8.04. The van der Waals surface area contributed by atoms with E-state index in [9.17, 15) is 4.79 Å². The van der Waals surface area contributed by atoms with Gasteiger partial charge in [0.25, 0.3) is 0 Å². The minimum atomic E-state index is 0.0886. The van der Waals surface area contributed by atoms with Crippen LogP contribution in [0.1, 0.15) is 110 Å². The van der Waals surface area contributed by atoms with Crippen molar-refractivity contribution in [1.29, 1.82) is 0 Å². The van der Waals surface area contributed by atoms with Crippen LogP contribution in [0.15, 0.2) is 4.99 Å². The Morgan fingerprint density at radius 1 is 0.852 bits per heavy atom. The molecule has 0 spiro atoms. The maximum atomic E-state index is 12.2. The number of aliphatic imine (C=N–C) groups is 1. The zero-order valence-electron chi connectivity index (χ0n) is 17.9. The van der Waals surface area contributed by atoms with Gasteiger partial charge in [-0.3, -0.25) is 9.79 Å². The van der Waals surface area contributed by atoms with Crippen molar-refractivity contribution in [1.82, 2.24) is 4.90 Å². The van der Waals surface area contributed by atoms with Crippen LogP contribution in [0.5, 0.6) is 0 Å². The van der Waals surface area contributed by atoms with Crippen LogP contribution in [0.4, 0.5) is 0 Å². The molecule has 1 aliphatic rings. The van der Waals surface area contributed by atoms with Gasteiger partial charge in [-0.15, -0.1) is 0 Å². The molecule has 0 aromatic carbocycles. The quantitative estimate of drug-likeness (QED) is 0.300. The smallest absolute Gasteiger partial charge is 0.197 e. The fraction of sp³-hybridized carbons (Fsp3) is 0.913. The van der Waals surface area contributed by atoms with Crippen LogP contribution < -0.4 is 0 Å². The average Bonchev–Trinajstić information content (AvgIpc) is 3.13. The first-order chi connectivity index (χ1) is 13.3. The van der Waals surface area contributed by atoms with Crippen LogP contribution in [0.25, 0.3) is 0 Å². The van der Waals surface area contributed by atoms with Gasteiger partial charge in [0.05, 0.1) is 13.2 Å². The van der Waals surface area contributed by atoms with Gasteiger partial charge in [-0.1, -0.05) is 96.8 Å². The molecule has 0 radical (unpaired) electrons. The molecule has 27 heavy (non-hydrogen) atoms. The zero-order valence-corrected chi connectivity index (χ0v) is 17.9. The molecule has 0 fully saturated rings. The van der Waals surface area contributed by atoms with E-state index < -0.39 is 0 Å². The van der Waals surface area contributed by atoms with Crippen molar-refractivity contribution in [3.8, 4) is 0 Å². The van der Waals surface area contributed by atoms with E-state index in [-0.39, 0.29) is 12.4 Å². The predicted octanol–water partition coefficient (Wildman–Crippen LogP) is 5.52. The van der Waals surface area contributed by atoms with Crippen molar-refractivity contribution in [3.05, 3.63) is 0 Å². The number of nitrogens with zero attached hydrogens (tertiary/aromatic N) is 2. The van der Waals surface area contributed by atoms with Crippen LogP contribution in [0.2, 0.25) is 0 Å². The van der Waals surface area contributed by atoms with E-state index in [1.54, 1.807) is 0 Å². The lowest BCUT2D eigenvalue weighted by molar-refractivity contribution is -0.113. The predicted molar refractivity (Wildman–Crippen MR) is 116 cm³/mol. The summed E-state index contributed by atoms with van der Waals surface area (Å²) in [6.07, 6.45) is 20.7. The third-order valence-electron chi connectivity index (χ3n) is 5.56. The summed E-state index contributed by atoms with van der Waals surface area (Å²) >= 11 is 0. The van der Waals surface area contributed by atoms with E-state index >= 15 is 0 Å². The molecule has 0 aliphatic carbocycles. The molecule has 4 nitrogen and oxygen atoms in total. The van der Waals surface area contributed by atoms with Crippen LogP contribution >= 0.6 is 0 Å². The number of β-amino-alcohol motifs (C(OH)–C–C–N with tert-alkyl or cyclic N) is 1. The van der Waals surface area contributed by atoms with Crippen molar-refractivity contribution >= 4 is 11.6 Å². The molecule has 0 saturated carbocycles. The SMILES string of the molecule is CCCCCCCCCCCCCCCCCC(=O)C1=NCCN1CCO. The number of rotatable bonds is 19. The van der Waals surface area contributed by atoms with E-state index in [1.807, 2.05) is 4.90 Å². The number of carbonyl (C=O) groups excluding carboxylic acids is 1. The Hall–Kier alpha value is -0.900. The third kappa shape index (κ3) is 12.2. The number of hydrogen-bond acceptors (Lipinski definition) is 4. The van der Waals surface area contributed by atoms with Gasteiger partial charge < -0.3 is 10.0 Å². The number of amidine groups is 1. The molecule has 0 aromatic rings. The molecule has 0 amide bonds. The minimum absolute atomic E-state index is 0.0886. The summed E-state index contributed by atoms with van der Waals surface area (Å²) in [6.45, 7) is 4.37. The summed E-state index contributed by atoms with van der Waals surface area (Å²) in [5, 5.41) is 9.04. The molecule has 1 heterocycles. The Bertz CT molecular complexity index is 396. The zero-order chi connectivity index (χ0) is 19.6. The Morgan fingerprint density at radius 2 is 1.33 bits per heavy atom. The van der Waals surface area contributed by atoms with Crippen molar-refractivity contribution in [3.63, 3.8) is 0 Å². The summed E-state index contributed by atoms with van der Waals surface area (Å²) in [7, 11) is 0. The second kappa shape index (κ2) is 17.2. The summed E-state index contributed by atoms with van der Waals surface area (Å²) in [4.78, 5) is 18.4. The fourth-order valence-corrected chi connectivity index (χ4v) is 3.85. The Kier molecular flexibility index (Phi) is 15.4. The lowest BCUT2D eigenvalue weighted by Gasteiger charge is -2.17. The molecule has 4 heteroatoms. The topological polar surface area (TPSA) is 52.9 Å². The van der Waals surface area contributed by atoms with Crippen LogP contribution in [0, 0.1) is 0 Å². The fourth-order valence-electron chi connectivity index (χ4n) is 3.85. The summed E-state index contributed by atoms with van der Waals surface area (Å²) in [5.41, 5.74) is 0. The Balaban J connectivity index is 1.83. The van der Waals surface area contributed by atoms with Crippen molar-refractivity contribution < 1.29 is 9.90 Å². The standard InChI is InChI=1S/C23H44N2O2/c1-2-3-4-5-6-7-8-9-10-11-12-13-14-15-16-17-22(27)23-24-18-19-25(23)20-21-26/h26H,2-21H2,1H3. The number of Topliss-reactive ketones (excluding diaryl/α,β-unsaturated/α-hetero) is 1. The van der Waals surface area contributed by atoms with E-state index in [0.717, 1.165) is 19.4 Å². The van der Waals surface area contributed by atoms with Gasteiger partial charge >= 0.3 is 0 Å². The summed E-state index contributed by atoms with van der Waals surface area (Å²) < 4.78 is 0.